The van der Waals surface area contributed by atoms with Crippen LogP contribution in [0.15, 0.2) is 41.3 Å². The number of piperidine rings is 1. The topological polar surface area (TPSA) is 132 Å². The number of ether oxygens (including phenoxy) is 2. The van der Waals surface area contributed by atoms with Crippen LogP contribution in [0.3, 0.4) is 0 Å². The van der Waals surface area contributed by atoms with Crippen LogP contribution in [-0.4, -0.2) is 52.6 Å². The van der Waals surface area contributed by atoms with Gasteiger partial charge in [0.1, 0.15) is 4.90 Å². The number of benzene rings is 2. The molecule has 0 bridgehead atoms. The normalized spacial score (nSPS) is 14.7. The number of rotatable bonds is 6. The average molecular weight is 462 g/mol. The maximum atomic E-state index is 13.1. The van der Waals surface area contributed by atoms with Gasteiger partial charge < -0.3 is 24.3 Å². The van der Waals surface area contributed by atoms with Crippen LogP contribution in [0.5, 0.6) is 11.5 Å². The van der Waals surface area contributed by atoms with Crippen molar-refractivity contribution in [3.05, 3.63) is 53.1 Å². The molecule has 32 heavy (non-hydrogen) atoms. The number of hydrogen-bond acceptors (Lipinski definition) is 7. The third-order valence-corrected chi connectivity index (χ3v) is 6.76. The lowest BCUT2D eigenvalue weighted by Crippen LogP contribution is -2.41. The summed E-state index contributed by atoms with van der Waals surface area (Å²) >= 11 is 0. The lowest BCUT2D eigenvalue weighted by atomic mass is 9.88. The van der Waals surface area contributed by atoms with E-state index in [-0.39, 0.29) is 28.1 Å². The first-order valence-corrected chi connectivity index (χ1v) is 11.5. The van der Waals surface area contributed by atoms with Crippen molar-refractivity contribution in [3.8, 4) is 11.5 Å². The van der Waals surface area contributed by atoms with E-state index in [9.17, 15) is 13.2 Å². The molecule has 0 aliphatic carbocycles. The molecule has 0 saturated carbocycles. The van der Waals surface area contributed by atoms with Gasteiger partial charge in [-0.15, -0.1) is 0 Å². The Kier molecular flexibility index (Phi) is 6.93. The summed E-state index contributed by atoms with van der Waals surface area (Å²) in [5.74, 6) is -0.263. The lowest BCUT2D eigenvalue weighted by molar-refractivity contribution is 0.0596. The zero-order valence-electron chi connectivity index (χ0n) is 18.3. The van der Waals surface area contributed by atoms with Crippen LogP contribution in [0.1, 0.15) is 40.2 Å². The Morgan fingerprint density at radius 2 is 1.81 bits per heavy atom. The largest absolute Gasteiger partial charge is 0.492 e. The number of carbonyl (C=O) groups excluding carboxylic acids is 1. The molecule has 2 aromatic rings. The van der Waals surface area contributed by atoms with E-state index in [1.165, 1.54) is 32.4 Å². The van der Waals surface area contributed by atoms with Gasteiger partial charge in [-0.3, -0.25) is 5.41 Å². The molecule has 0 unspecified atom stereocenters. The van der Waals surface area contributed by atoms with Gasteiger partial charge >= 0.3 is 16.1 Å². The zero-order valence-corrected chi connectivity index (χ0v) is 19.1. The molecule has 0 aromatic heterocycles. The van der Waals surface area contributed by atoms with Crippen LogP contribution in [-0.2, 0) is 14.9 Å². The van der Waals surface area contributed by atoms with Crippen molar-refractivity contribution < 1.29 is 26.9 Å². The maximum absolute atomic E-state index is 13.1. The first-order valence-electron chi connectivity index (χ1n) is 10.1. The summed E-state index contributed by atoms with van der Waals surface area (Å²) in [6, 6.07) is 9.25. The summed E-state index contributed by atoms with van der Waals surface area (Å²) in [6.45, 7) is 3.09. The molecule has 0 radical (unpaired) electrons. The Morgan fingerprint density at radius 1 is 1.16 bits per heavy atom. The number of carbonyl (C=O) groups is 1. The summed E-state index contributed by atoms with van der Waals surface area (Å²) in [5, 5.41) is 7.61. The van der Waals surface area contributed by atoms with Crippen LogP contribution in [0.4, 0.5) is 0 Å². The maximum Gasteiger partial charge on any atom is 0.340 e. The second-order valence-electron chi connectivity index (χ2n) is 7.56. The van der Waals surface area contributed by atoms with Crippen molar-refractivity contribution in [2.75, 3.05) is 27.3 Å². The fourth-order valence-corrected chi connectivity index (χ4v) is 5.02. The molecule has 1 aliphatic heterocycles. The van der Waals surface area contributed by atoms with Crippen LogP contribution in [0.25, 0.3) is 0 Å². The van der Waals surface area contributed by atoms with Gasteiger partial charge in [-0.05, 0) is 49.4 Å². The van der Waals surface area contributed by atoms with Gasteiger partial charge in [-0.2, -0.15) is 8.42 Å². The van der Waals surface area contributed by atoms with Crippen LogP contribution in [0, 0.1) is 12.3 Å². The van der Waals surface area contributed by atoms with E-state index in [2.05, 4.69) is 0 Å². The molecule has 1 fully saturated rings. The molecule has 172 valence electrons. The zero-order chi connectivity index (χ0) is 23.5. The minimum Gasteiger partial charge on any atom is -0.492 e. The Balaban J connectivity index is 1.98. The third kappa shape index (κ3) is 4.80. The number of likely N-dealkylation sites (tertiary alicyclic amines) is 1. The highest BCUT2D eigenvalue weighted by Crippen LogP contribution is 2.42. The van der Waals surface area contributed by atoms with Crippen molar-refractivity contribution in [1.82, 2.24) is 4.90 Å². The molecule has 0 spiro atoms. The van der Waals surface area contributed by atoms with E-state index < -0.39 is 16.1 Å². The highest BCUT2D eigenvalue weighted by molar-refractivity contribution is 7.87. The number of nitrogens with one attached hydrogen (secondary N) is 1. The molecule has 2 aromatic carbocycles. The van der Waals surface area contributed by atoms with E-state index in [1.54, 1.807) is 17.0 Å². The fraction of sp³-hybridized carbons (Fsp3) is 0.364. The monoisotopic (exact) mass is 461 g/mol. The molecule has 9 nitrogen and oxygen atoms in total. The predicted octanol–water partition coefficient (Wildman–Crippen LogP) is 2.63. The fourth-order valence-electron chi connectivity index (χ4n) is 3.91. The summed E-state index contributed by atoms with van der Waals surface area (Å²) in [4.78, 5) is 13.6. The summed E-state index contributed by atoms with van der Waals surface area (Å²) < 4.78 is 42.0. The average Bonchev–Trinajstić information content (AvgIpc) is 2.78. The molecule has 0 amide bonds. The first kappa shape index (κ1) is 23.4. The molecule has 1 saturated heterocycles. The number of nitrogens with two attached hydrogens (primary N) is 1. The number of methoxy groups -OCH3 is 2. The highest BCUT2D eigenvalue weighted by Gasteiger charge is 2.29. The summed E-state index contributed by atoms with van der Waals surface area (Å²) in [6.07, 6.45) is 1.47. The molecular weight excluding hydrogens is 434 g/mol. The van der Waals surface area contributed by atoms with E-state index in [1.807, 2.05) is 13.0 Å². The molecule has 0 atom stereocenters. The van der Waals surface area contributed by atoms with Crippen LogP contribution < -0.4 is 14.7 Å². The standard InChI is InChI=1S/C22H27N3O6S/c1-14-12-17(15-8-10-25(11-9-15)22(23)24)20(29-2)18(13-14)31-32(27,28)19-7-5-4-6-16(19)21(26)30-3/h4-7,12-13,15H,8-11H2,1-3H3,(H3,23,24). The molecule has 1 aliphatic rings. The third-order valence-electron chi connectivity index (χ3n) is 5.47. The second kappa shape index (κ2) is 9.47. The molecule has 1 heterocycles. The minimum atomic E-state index is -4.35. The quantitative estimate of drug-likeness (QED) is 0.290. The molecule has 3 rings (SSSR count). The highest BCUT2D eigenvalue weighted by atomic mass is 32.2. The van der Waals surface area contributed by atoms with Crippen molar-refractivity contribution in [2.45, 2.75) is 30.6 Å². The van der Waals surface area contributed by atoms with E-state index >= 15 is 0 Å². The van der Waals surface area contributed by atoms with Crippen LogP contribution in [0.2, 0.25) is 0 Å². The van der Waals surface area contributed by atoms with Gasteiger partial charge in [0.05, 0.1) is 19.8 Å². The molecule has 3 N–H and O–H groups in total. The number of aryl methyl sites for hydroxylation is 1. The SMILES string of the molecule is COC(=O)c1ccccc1S(=O)(=O)Oc1cc(C)cc(C2CCN(C(=N)N)CC2)c1OC. The second-order valence-corrected chi connectivity index (χ2v) is 9.07. The van der Waals surface area contributed by atoms with Gasteiger partial charge in [0.2, 0.25) is 0 Å². The molecular formula is C22H27N3O6S. The van der Waals surface area contributed by atoms with Gasteiger partial charge in [-0.25, -0.2) is 4.79 Å². The van der Waals surface area contributed by atoms with Crippen molar-refractivity contribution in [1.29, 1.82) is 5.41 Å². The van der Waals surface area contributed by atoms with E-state index in [0.29, 0.717) is 18.8 Å². The van der Waals surface area contributed by atoms with Gasteiger partial charge in [-0.1, -0.05) is 18.2 Å². The number of nitrogens with zero attached hydrogens (tertiary/aromatic N) is 1. The summed E-state index contributed by atoms with van der Waals surface area (Å²) in [5.41, 5.74) is 7.12. The lowest BCUT2D eigenvalue weighted by Gasteiger charge is -2.33. The number of esters is 1. The number of hydrogen-bond donors (Lipinski definition) is 2. The van der Waals surface area contributed by atoms with Crippen molar-refractivity contribution >= 4 is 22.0 Å². The molecule has 10 heteroatoms. The van der Waals surface area contributed by atoms with Crippen molar-refractivity contribution in [3.63, 3.8) is 0 Å². The summed E-state index contributed by atoms with van der Waals surface area (Å²) in [7, 11) is -1.71. The number of guanidine groups is 1. The first-order chi connectivity index (χ1) is 15.2. The van der Waals surface area contributed by atoms with Crippen molar-refractivity contribution in [2.24, 2.45) is 5.73 Å². The Labute approximate surface area is 187 Å². The Morgan fingerprint density at radius 3 is 2.41 bits per heavy atom. The minimum absolute atomic E-state index is 0.0408. The van der Waals surface area contributed by atoms with Gasteiger partial charge in [0.15, 0.2) is 17.5 Å². The predicted molar refractivity (Wildman–Crippen MR) is 119 cm³/mol. The van der Waals surface area contributed by atoms with Gasteiger partial charge in [0, 0.05) is 18.7 Å². The smallest absolute Gasteiger partial charge is 0.340 e. The Bertz CT molecular complexity index is 1120. The van der Waals surface area contributed by atoms with E-state index in [0.717, 1.165) is 24.0 Å². The van der Waals surface area contributed by atoms with Crippen LogP contribution >= 0.6 is 0 Å². The Hall–Kier alpha value is -3.27. The van der Waals surface area contributed by atoms with E-state index in [4.69, 9.17) is 24.8 Å². The van der Waals surface area contributed by atoms with Gasteiger partial charge in [0.25, 0.3) is 0 Å².